The highest BCUT2D eigenvalue weighted by Gasteiger charge is 2.15. The third-order valence-corrected chi connectivity index (χ3v) is 3.08. The van der Waals surface area contributed by atoms with E-state index in [1.165, 1.54) is 11.3 Å². The molecule has 1 heterocycles. The van der Waals surface area contributed by atoms with Gasteiger partial charge in [0.2, 0.25) is 0 Å². The van der Waals surface area contributed by atoms with E-state index in [2.05, 4.69) is 21.2 Å². The lowest BCUT2D eigenvalue weighted by Crippen LogP contribution is -2.36. The quantitative estimate of drug-likeness (QED) is 0.762. The molecular formula is C8H8BrNO4S. The Kier molecular flexibility index (Phi) is 4.25. The van der Waals surface area contributed by atoms with Crippen LogP contribution in [0.4, 0.5) is 0 Å². The Hall–Kier alpha value is -0.920. The fraction of sp³-hybridized carbons (Fsp3) is 0.250. The van der Waals surface area contributed by atoms with Crippen LogP contribution in [0.1, 0.15) is 10.4 Å². The van der Waals surface area contributed by atoms with E-state index in [1.807, 2.05) is 0 Å². The number of aliphatic hydroxyl groups is 1. The molecule has 0 fully saturated rings. The van der Waals surface area contributed by atoms with Crippen molar-refractivity contribution in [3.05, 3.63) is 20.8 Å². The van der Waals surface area contributed by atoms with E-state index in [0.29, 0.717) is 5.56 Å². The summed E-state index contributed by atoms with van der Waals surface area (Å²) in [5.41, 5.74) is 0.435. The van der Waals surface area contributed by atoms with Gasteiger partial charge in [-0.3, -0.25) is 4.79 Å². The van der Waals surface area contributed by atoms with Crippen molar-refractivity contribution in [2.45, 2.75) is 6.10 Å². The topological polar surface area (TPSA) is 86.6 Å². The van der Waals surface area contributed by atoms with Gasteiger partial charge in [-0.15, -0.1) is 11.3 Å². The lowest BCUT2D eigenvalue weighted by molar-refractivity contribution is -0.146. The number of thiophene rings is 1. The second-order valence-corrected chi connectivity index (χ2v) is 4.99. The molecule has 0 aliphatic heterocycles. The number of aliphatic hydroxyl groups excluding tert-OH is 1. The monoisotopic (exact) mass is 293 g/mol. The first-order chi connectivity index (χ1) is 7.00. The van der Waals surface area contributed by atoms with E-state index in [4.69, 9.17) is 10.2 Å². The van der Waals surface area contributed by atoms with Crippen molar-refractivity contribution < 1.29 is 19.8 Å². The Morgan fingerprint density at radius 3 is 2.73 bits per heavy atom. The van der Waals surface area contributed by atoms with Gasteiger partial charge in [0.15, 0.2) is 6.10 Å². The third-order valence-electron chi connectivity index (χ3n) is 1.57. The number of hydrogen-bond acceptors (Lipinski definition) is 4. The molecule has 3 N–H and O–H groups in total. The van der Waals surface area contributed by atoms with Crippen molar-refractivity contribution in [1.82, 2.24) is 5.32 Å². The van der Waals surface area contributed by atoms with E-state index in [0.717, 1.165) is 3.79 Å². The van der Waals surface area contributed by atoms with Gasteiger partial charge in [-0.1, -0.05) is 0 Å². The average Bonchev–Trinajstić information content (AvgIpc) is 2.60. The third kappa shape index (κ3) is 3.61. The lowest BCUT2D eigenvalue weighted by atomic mass is 10.3. The van der Waals surface area contributed by atoms with Gasteiger partial charge >= 0.3 is 5.97 Å². The summed E-state index contributed by atoms with van der Waals surface area (Å²) in [6, 6.07) is 1.62. The Bertz CT molecular complexity index is 378. The molecule has 0 aromatic carbocycles. The summed E-state index contributed by atoms with van der Waals surface area (Å²) in [5, 5.41) is 21.2. The molecule has 1 rings (SSSR count). The molecule has 1 amide bonds. The maximum Gasteiger partial charge on any atom is 0.334 e. The number of carboxylic acid groups (broad SMARTS) is 1. The maximum absolute atomic E-state index is 11.4. The number of rotatable bonds is 4. The standard InChI is InChI=1S/C8H8BrNO4S/c9-6-1-4(3-15-6)7(12)10-2-5(11)8(13)14/h1,3,5,11H,2H2,(H,10,12)(H,13,14). The average molecular weight is 294 g/mol. The maximum atomic E-state index is 11.4. The van der Waals surface area contributed by atoms with Gasteiger partial charge in [-0.25, -0.2) is 4.79 Å². The van der Waals surface area contributed by atoms with Crippen LogP contribution in [-0.2, 0) is 4.79 Å². The van der Waals surface area contributed by atoms with E-state index < -0.39 is 18.0 Å². The SMILES string of the molecule is O=C(NCC(O)C(=O)O)c1csc(Br)c1. The summed E-state index contributed by atoms with van der Waals surface area (Å²) in [4.78, 5) is 21.6. The minimum atomic E-state index is -1.57. The lowest BCUT2D eigenvalue weighted by Gasteiger charge is -2.06. The van der Waals surface area contributed by atoms with E-state index in [9.17, 15) is 9.59 Å². The minimum Gasteiger partial charge on any atom is -0.479 e. The summed E-state index contributed by atoms with van der Waals surface area (Å²) in [6.07, 6.45) is -1.57. The Morgan fingerprint density at radius 1 is 1.60 bits per heavy atom. The molecule has 0 spiro atoms. The molecule has 0 bridgehead atoms. The van der Waals surface area contributed by atoms with Gasteiger partial charge in [-0.05, 0) is 22.0 Å². The summed E-state index contributed by atoms with van der Waals surface area (Å²) >= 11 is 4.55. The number of amides is 1. The predicted molar refractivity (Wildman–Crippen MR) is 58.0 cm³/mol. The second-order valence-electron chi connectivity index (χ2n) is 2.70. The molecule has 0 radical (unpaired) electrons. The number of aliphatic carboxylic acids is 1. The Morgan fingerprint density at radius 2 is 2.27 bits per heavy atom. The van der Waals surface area contributed by atoms with Gasteiger partial charge < -0.3 is 15.5 Å². The van der Waals surface area contributed by atoms with Gasteiger partial charge in [0, 0.05) is 5.38 Å². The van der Waals surface area contributed by atoms with Crippen LogP contribution in [0.3, 0.4) is 0 Å². The summed E-state index contributed by atoms with van der Waals surface area (Å²) in [7, 11) is 0. The summed E-state index contributed by atoms with van der Waals surface area (Å²) < 4.78 is 0.812. The highest BCUT2D eigenvalue weighted by Crippen LogP contribution is 2.20. The number of nitrogens with one attached hydrogen (secondary N) is 1. The molecule has 0 saturated carbocycles. The fourth-order valence-electron chi connectivity index (χ4n) is 0.808. The molecule has 1 unspecified atom stereocenters. The number of hydrogen-bond donors (Lipinski definition) is 3. The van der Waals surface area contributed by atoms with Crippen molar-refractivity contribution in [2.75, 3.05) is 6.54 Å². The molecule has 1 aromatic heterocycles. The number of halogens is 1. The van der Waals surface area contributed by atoms with E-state index >= 15 is 0 Å². The van der Waals surface area contributed by atoms with Crippen LogP contribution < -0.4 is 5.32 Å². The Balaban J connectivity index is 2.47. The first kappa shape index (κ1) is 12.2. The zero-order chi connectivity index (χ0) is 11.4. The highest BCUT2D eigenvalue weighted by molar-refractivity contribution is 9.11. The zero-order valence-corrected chi connectivity index (χ0v) is 9.84. The van der Waals surface area contributed by atoms with E-state index in [1.54, 1.807) is 11.4 Å². The fourth-order valence-corrected chi connectivity index (χ4v) is 1.94. The number of carbonyl (C=O) groups is 2. The molecule has 0 saturated heterocycles. The number of carboxylic acids is 1. The van der Waals surface area contributed by atoms with Crippen LogP contribution in [0.25, 0.3) is 0 Å². The van der Waals surface area contributed by atoms with Crippen LogP contribution in [0, 0.1) is 0 Å². The van der Waals surface area contributed by atoms with Crippen LogP contribution in [-0.4, -0.2) is 34.7 Å². The molecule has 7 heteroatoms. The minimum absolute atomic E-state index is 0.304. The van der Waals surface area contributed by atoms with Crippen LogP contribution in [0.15, 0.2) is 15.2 Å². The second kappa shape index (κ2) is 5.24. The summed E-state index contributed by atoms with van der Waals surface area (Å²) in [6.45, 7) is -0.304. The Labute approximate surface area is 97.9 Å². The molecule has 1 atom stereocenters. The molecule has 82 valence electrons. The van der Waals surface area contributed by atoms with Gasteiger partial charge in [0.05, 0.1) is 15.9 Å². The van der Waals surface area contributed by atoms with Crippen molar-refractivity contribution in [1.29, 1.82) is 0 Å². The van der Waals surface area contributed by atoms with Crippen LogP contribution in [0.2, 0.25) is 0 Å². The van der Waals surface area contributed by atoms with Crippen molar-refractivity contribution in [3.63, 3.8) is 0 Å². The predicted octanol–water partition coefficient (Wildman–Crippen LogP) is 0.686. The highest BCUT2D eigenvalue weighted by atomic mass is 79.9. The molecular weight excluding hydrogens is 286 g/mol. The van der Waals surface area contributed by atoms with Gasteiger partial charge in [0.1, 0.15) is 0 Å². The zero-order valence-electron chi connectivity index (χ0n) is 7.44. The molecule has 5 nitrogen and oxygen atoms in total. The number of carbonyl (C=O) groups excluding carboxylic acids is 1. The first-order valence-electron chi connectivity index (χ1n) is 3.94. The first-order valence-corrected chi connectivity index (χ1v) is 5.61. The summed E-state index contributed by atoms with van der Waals surface area (Å²) in [5.74, 6) is -1.76. The van der Waals surface area contributed by atoms with E-state index in [-0.39, 0.29) is 6.54 Å². The van der Waals surface area contributed by atoms with Crippen LogP contribution in [0.5, 0.6) is 0 Å². The molecule has 0 aliphatic carbocycles. The molecule has 1 aromatic rings. The van der Waals surface area contributed by atoms with Crippen molar-refractivity contribution in [2.24, 2.45) is 0 Å². The smallest absolute Gasteiger partial charge is 0.334 e. The van der Waals surface area contributed by atoms with Crippen LogP contribution >= 0.6 is 27.3 Å². The molecule has 0 aliphatic rings. The van der Waals surface area contributed by atoms with Gasteiger partial charge in [0.25, 0.3) is 5.91 Å². The van der Waals surface area contributed by atoms with Gasteiger partial charge in [-0.2, -0.15) is 0 Å². The molecule has 15 heavy (non-hydrogen) atoms. The van der Waals surface area contributed by atoms with Crippen molar-refractivity contribution >= 4 is 39.1 Å². The largest absolute Gasteiger partial charge is 0.479 e. The normalized spacial score (nSPS) is 12.1. The van der Waals surface area contributed by atoms with Crippen molar-refractivity contribution in [3.8, 4) is 0 Å².